The van der Waals surface area contributed by atoms with Crippen molar-refractivity contribution < 1.29 is 4.79 Å². The molecule has 2 rings (SSSR count). The Labute approximate surface area is 107 Å². The molecule has 0 aliphatic rings. The first-order valence-electron chi connectivity index (χ1n) is 4.97. The van der Waals surface area contributed by atoms with Crippen molar-refractivity contribution in [2.45, 2.75) is 19.9 Å². The Hall–Kier alpha value is -1.40. The van der Waals surface area contributed by atoms with Gasteiger partial charge < -0.3 is 11.1 Å². The minimum absolute atomic E-state index is 0.151. The maximum Gasteiger partial charge on any atom is 0.239 e. The first-order chi connectivity index (χ1) is 7.97. The molecule has 2 aromatic heterocycles. The monoisotopic (exact) mass is 270 g/mol. The highest BCUT2D eigenvalue weighted by atomic mass is 35.5. The number of thiophene rings is 1. The molecule has 0 bridgehead atoms. The van der Waals surface area contributed by atoms with Crippen molar-refractivity contribution in [2.24, 2.45) is 5.73 Å². The quantitative estimate of drug-likeness (QED) is 0.835. The Bertz CT molecular complexity index is 583. The summed E-state index contributed by atoms with van der Waals surface area (Å²) in [5, 5.41) is 3.94. The van der Waals surface area contributed by atoms with Crippen LogP contribution in [0.25, 0.3) is 10.2 Å². The third-order valence-electron chi connectivity index (χ3n) is 2.27. The highest BCUT2D eigenvalue weighted by Gasteiger charge is 2.14. The summed E-state index contributed by atoms with van der Waals surface area (Å²) < 4.78 is 0. The van der Waals surface area contributed by atoms with Gasteiger partial charge in [0.1, 0.15) is 16.7 Å². The topological polar surface area (TPSA) is 80.9 Å². The summed E-state index contributed by atoms with van der Waals surface area (Å²) in [6, 6.07) is 1.44. The number of aromatic nitrogens is 2. The van der Waals surface area contributed by atoms with Crippen LogP contribution in [0.2, 0.25) is 5.28 Å². The van der Waals surface area contributed by atoms with Crippen LogP contribution in [0, 0.1) is 6.92 Å². The van der Waals surface area contributed by atoms with Gasteiger partial charge in [0.25, 0.3) is 0 Å². The average Bonchev–Trinajstić information content (AvgIpc) is 2.58. The minimum atomic E-state index is -0.510. The fraction of sp³-hybridized carbons (Fsp3) is 0.300. The van der Waals surface area contributed by atoms with Crippen LogP contribution in [0.4, 0.5) is 5.82 Å². The summed E-state index contributed by atoms with van der Waals surface area (Å²) in [4.78, 5) is 21.1. The fourth-order valence-electron chi connectivity index (χ4n) is 1.40. The van der Waals surface area contributed by atoms with E-state index in [1.165, 1.54) is 11.3 Å². The van der Waals surface area contributed by atoms with Crippen LogP contribution in [-0.4, -0.2) is 21.9 Å². The number of nitrogens with one attached hydrogen (secondary N) is 1. The number of nitrogens with zero attached hydrogens (tertiary/aromatic N) is 2. The van der Waals surface area contributed by atoms with Gasteiger partial charge in [-0.1, -0.05) is 0 Å². The smallest absolute Gasteiger partial charge is 0.239 e. The predicted molar refractivity (Wildman–Crippen MR) is 69.4 cm³/mol. The number of halogens is 1. The zero-order valence-electron chi connectivity index (χ0n) is 9.32. The normalized spacial score (nSPS) is 12.6. The predicted octanol–water partition coefficient (Wildman–Crippen LogP) is 1.94. The number of anilines is 1. The van der Waals surface area contributed by atoms with Gasteiger partial charge in [-0.2, -0.15) is 0 Å². The zero-order chi connectivity index (χ0) is 12.6. The van der Waals surface area contributed by atoms with E-state index in [1.54, 1.807) is 6.92 Å². The van der Waals surface area contributed by atoms with Gasteiger partial charge in [-0.3, -0.25) is 4.79 Å². The molecule has 1 atom stereocenters. The number of rotatable bonds is 3. The van der Waals surface area contributed by atoms with E-state index in [2.05, 4.69) is 15.3 Å². The first-order valence-corrected chi connectivity index (χ1v) is 6.16. The van der Waals surface area contributed by atoms with Crippen molar-refractivity contribution in [3.8, 4) is 0 Å². The lowest BCUT2D eigenvalue weighted by Gasteiger charge is -2.11. The van der Waals surface area contributed by atoms with Crippen LogP contribution in [0.1, 0.15) is 11.8 Å². The summed E-state index contributed by atoms with van der Waals surface area (Å²) in [7, 11) is 0. The van der Waals surface area contributed by atoms with Gasteiger partial charge in [0.05, 0.1) is 5.39 Å². The second-order valence-electron chi connectivity index (χ2n) is 3.69. The molecule has 0 fully saturated rings. The van der Waals surface area contributed by atoms with Crippen LogP contribution < -0.4 is 11.1 Å². The molecule has 1 amide bonds. The molecule has 0 saturated carbocycles. The van der Waals surface area contributed by atoms with E-state index in [-0.39, 0.29) is 5.28 Å². The Morgan fingerprint density at radius 1 is 1.59 bits per heavy atom. The van der Waals surface area contributed by atoms with E-state index in [0.29, 0.717) is 5.82 Å². The number of aryl methyl sites for hydroxylation is 1. The highest BCUT2D eigenvalue weighted by molar-refractivity contribution is 7.18. The van der Waals surface area contributed by atoms with Gasteiger partial charge in [-0.25, -0.2) is 9.97 Å². The van der Waals surface area contributed by atoms with Crippen LogP contribution in [-0.2, 0) is 4.79 Å². The van der Waals surface area contributed by atoms with E-state index in [1.807, 2.05) is 13.0 Å². The van der Waals surface area contributed by atoms with Gasteiger partial charge >= 0.3 is 0 Å². The summed E-state index contributed by atoms with van der Waals surface area (Å²) >= 11 is 7.35. The summed E-state index contributed by atoms with van der Waals surface area (Å²) in [5.74, 6) is 0.0930. The lowest BCUT2D eigenvalue weighted by Crippen LogP contribution is -2.32. The number of hydrogen-bond acceptors (Lipinski definition) is 5. The number of carbonyl (C=O) groups excluding carboxylic acids is 1. The number of carbonyl (C=O) groups is 1. The molecule has 0 spiro atoms. The van der Waals surface area contributed by atoms with Gasteiger partial charge in [-0.05, 0) is 31.5 Å². The minimum Gasteiger partial charge on any atom is -0.368 e. The van der Waals surface area contributed by atoms with E-state index >= 15 is 0 Å². The Morgan fingerprint density at radius 2 is 2.29 bits per heavy atom. The van der Waals surface area contributed by atoms with Gasteiger partial charge in [0.15, 0.2) is 0 Å². The molecule has 0 radical (unpaired) electrons. The number of nitrogens with two attached hydrogens (primary N) is 1. The Kier molecular flexibility index (Phi) is 3.17. The molecule has 0 saturated heterocycles. The second-order valence-corrected chi connectivity index (χ2v) is 5.26. The van der Waals surface area contributed by atoms with E-state index in [4.69, 9.17) is 17.3 Å². The largest absolute Gasteiger partial charge is 0.368 e. The van der Waals surface area contributed by atoms with Gasteiger partial charge in [0, 0.05) is 4.88 Å². The summed E-state index contributed by atoms with van der Waals surface area (Å²) in [5.41, 5.74) is 5.20. The highest BCUT2D eigenvalue weighted by Crippen LogP contribution is 2.29. The van der Waals surface area contributed by atoms with Crippen LogP contribution in [0.5, 0.6) is 0 Å². The number of primary amides is 1. The van der Waals surface area contributed by atoms with Gasteiger partial charge in [-0.15, -0.1) is 11.3 Å². The van der Waals surface area contributed by atoms with Crippen LogP contribution in [0.15, 0.2) is 6.07 Å². The SMILES string of the molecule is Cc1cc2c(NC(C)C(N)=O)nc(Cl)nc2s1. The standard InChI is InChI=1S/C10H11ClN4OS/c1-4-3-6-8(13-5(2)7(12)16)14-10(11)15-9(6)17-4/h3,5H,1-2H3,(H2,12,16)(H,13,14,15). The molecule has 17 heavy (non-hydrogen) atoms. The lowest BCUT2D eigenvalue weighted by molar-refractivity contribution is -0.118. The zero-order valence-corrected chi connectivity index (χ0v) is 10.9. The van der Waals surface area contributed by atoms with Gasteiger partial charge in [0.2, 0.25) is 11.2 Å². The van der Waals surface area contributed by atoms with Crippen LogP contribution in [0.3, 0.4) is 0 Å². The maximum atomic E-state index is 11.0. The van der Waals surface area contributed by atoms with Crippen molar-refractivity contribution in [1.82, 2.24) is 9.97 Å². The van der Waals surface area contributed by atoms with Crippen molar-refractivity contribution >= 4 is 44.9 Å². The Balaban J connectivity index is 2.48. The van der Waals surface area contributed by atoms with Crippen molar-refractivity contribution in [2.75, 3.05) is 5.32 Å². The molecular weight excluding hydrogens is 260 g/mol. The molecule has 0 aliphatic heterocycles. The molecule has 2 aromatic rings. The molecule has 0 aliphatic carbocycles. The second kappa shape index (κ2) is 4.46. The number of amides is 1. The average molecular weight is 271 g/mol. The number of hydrogen-bond donors (Lipinski definition) is 2. The molecule has 3 N–H and O–H groups in total. The third kappa shape index (κ3) is 2.48. The van der Waals surface area contributed by atoms with Crippen molar-refractivity contribution in [3.63, 3.8) is 0 Å². The molecule has 5 nitrogen and oxygen atoms in total. The van der Waals surface area contributed by atoms with E-state index < -0.39 is 11.9 Å². The first kappa shape index (κ1) is 12.1. The van der Waals surface area contributed by atoms with E-state index in [9.17, 15) is 4.79 Å². The number of fused-ring (bicyclic) bond motifs is 1. The summed E-state index contributed by atoms with van der Waals surface area (Å²) in [6.07, 6.45) is 0. The van der Waals surface area contributed by atoms with Crippen LogP contribution >= 0.6 is 22.9 Å². The molecule has 7 heteroatoms. The maximum absolute atomic E-state index is 11.0. The molecular formula is C10H11ClN4OS. The third-order valence-corrected chi connectivity index (χ3v) is 3.38. The summed E-state index contributed by atoms with van der Waals surface area (Å²) in [6.45, 7) is 3.64. The molecule has 90 valence electrons. The van der Waals surface area contributed by atoms with Crippen molar-refractivity contribution in [1.29, 1.82) is 0 Å². The molecule has 1 unspecified atom stereocenters. The molecule has 2 heterocycles. The molecule has 0 aromatic carbocycles. The fourth-order valence-corrected chi connectivity index (χ4v) is 2.50. The lowest BCUT2D eigenvalue weighted by atomic mass is 10.3. The van der Waals surface area contributed by atoms with Crippen molar-refractivity contribution in [3.05, 3.63) is 16.2 Å². The van der Waals surface area contributed by atoms with E-state index in [0.717, 1.165) is 15.1 Å². The Morgan fingerprint density at radius 3 is 2.94 bits per heavy atom.